The van der Waals surface area contributed by atoms with Gasteiger partial charge in [0.2, 0.25) is 5.91 Å². The molecule has 3 aromatic rings. The van der Waals surface area contributed by atoms with E-state index in [0.717, 1.165) is 18.9 Å². The molecule has 2 amide bonds. The summed E-state index contributed by atoms with van der Waals surface area (Å²) in [6, 6.07) is 8.64. The second-order valence-electron chi connectivity index (χ2n) is 7.88. The molecule has 0 atom stereocenters. The zero-order valence-corrected chi connectivity index (χ0v) is 17.6. The number of benzene rings is 2. The normalized spacial score (nSPS) is 14.4. The molecule has 2 aromatic carbocycles. The molecule has 1 aliphatic heterocycles. The molecule has 1 aromatic heterocycles. The third kappa shape index (κ3) is 4.81. The summed E-state index contributed by atoms with van der Waals surface area (Å²) in [5, 5.41) is 7.04. The summed E-state index contributed by atoms with van der Waals surface area (Å²) in [7, 11) is 0. The summed E-state index contributed by atoms with van der Waals surface area (Å²) >= 11 is 0. The highest BCUT2D eigenvalue weighted by atomic mass is 19.2. The van der Waals surface area contributed by atoms with Crippen LogP contribution in [0.3, 0.4) is 0 Å². The number of para-hydroxylation sites is 2. The Hall–Kier alpha value is -3.89. The first-order valence-corrected chi connectivity index (χ1v) is 10.5. The van der Waals surface area contributed by atoms with Crippen LogP contribution in [-0.2, 0) is 4.79 Å². The molecule has 1 saturated heterocycles. The molecule has 0 saturated carbocycles. The maximum Gasteiger partial charge on any atom is 0.438 e. The molecule has 0 aliphatic carbocycles. The van der Waals surface area contributed by atoms with Crippen molar-refractivity contribution in [1.82, 2.24) is 15.3 Å². The van der Waals surface area contributed by atoms with Crippen molar-refractivity contribution in [3.8, 4) is 0 Å². The average Bonchev–Trinajstić information content (AvgIpc) is 3.14. The highest BCUT2D eigenvalue weighted by molar-refractivity contribution is 6.00. The van der Waals surface area contributed by atoms with Gasteiger partial charge in [0, 0.05) is 31.4 Å². The summed E-state index contributed by atoms with van der Waals surface area (Å²) in [5.41, 5.74) is 6.33. The molecule has 0 unspecified atom stereocenters. The molecule has 33 heavy (non-hydrogen) atoms. The molecule has 11 heteroatoms. The number of nitrogen functional groups attached to an aromatic ring is 1. The smallest absolute Gasteiger partial charge is 0.406 e. The Balaban J connectivity index is 1.24. The molecule has 1 fully saturated rings. The van der Waals surface area contributed by atoms with Gasteiger partial charge in [-0.3, -0.25) is 9.59 Å². The van der Waals surface area contributed by atoms with Gasteiger partial charge in [-0.15, -0.1) is 0 Å². The number of nitrogens with zero attached hydrogens (tertiary/aromatic N) is 2. The van der Waals surface area contributed by atoms with Crippen molar-refractivity contribution in [2.45, 2.75) is 12.8 Å². The van der Waals surface area contributed by atoms with Crippen molar-refractivity contribution in [2.75, 3.05) is 36.9 Å². The van der Waals surface area contributed by atoms with Gasteiger partial charge in [0.25, 0.3) is 5.91 Å². The molecule has 0 bridgehead atoms. The van der Waals surface area contributed by atoms with E-state index in [2.05, 4.69) is 10.6 Å². The number of piperidine rings is 1. The molecule has 1 aliphatic rings. The van der Waals surface area contributed by atoms with Gasteiger partial charge in [0.05, 0.1) is 12.1 Å². The third-order valence-corrected chi connectivity index (χ3v) is 5.67. The second-order valence-corrected chi connectivity index (χ2v) is 7.88. The maximum absolute atomic E-state index is 13.3. The number of nitrogens with one attached hydrogen (secondary N) is 2. The van der Waals surface area contributed by atoms with E-state index in [1.54, 1.807) is 16.8 Å². The van der Waals surface area contributed by atoms with Crippen molar-refractivity contribution < 1.29 is 22.8 Å². The van der Waals surface area contributed by atoms with Crippen LogP contribution in [0.15, 0.2) is 45.6 Å². The van der Waals surface area contributed by atoms with Crippen molar-refractivity contribution in [3.05, 3.63) is 64.1 Å². The number of fused-ring (bicyclic) bond motifs is 1. The number of oxazole rings is 1. The fraction of sp³-hybridized carbons (Fsp3) is 0.318. The average molecular weight is 459 g/mol. The fourth-order valence-electron chi connectivity index (χ4n) is 3.88. The minimum Gasteiger partial charge on any atom is -0.406 e. The number of aromatic nitrogens is 1. The predicted octanol–water partition coefficient (Wildman–Crippen LogP) is 1.35. The van der Waals surface area contributed by atoms with Crippen molar-refractivity contribution >= 4 is 28.6 Å². The Bertz CT molecular complexity index is 1250. The van der Waals surface area contributed by atoms with Crippen LogP contribution in [0.5, 0.6) is 0 Å². The Kier molecular flexibility index (Phi) is 6.29. The van der Waals surface area contributed by atoms with Gasteiger partial charge >= 0.3 is 5.76 Å². The number of hydrogen-bond acceptors (Lipinski definition) is 6. The lowest BCUT2D eigenvalue weighted by molar-refractivity contribution is -0.120. The predicted molar refractivity (Wildman–Crippen MR) is 117 cm³/mol. The van der Waals surface area contributed by atoms with Crippen LogP contribution in [0.2, 0.25) is 0 Å². The molecule has 2 heterocycles. The van der Waals surface area contributed by atoms with Gasteiger partial charge in [0.1, 0.15) is 5.52 Å². The Morgan fingerprint density at radius 3 is 2.55 bits per heavy atom. The quantitative estimate of drug-likeness (QED) is 0.479. The molecule has 0 spiro atoms. The van der Waals surface area contributed by atoms with Crippen LogP contribution in [0.1, 0.15) is 23.2 Å². The largest absolute Gasteiger partial charge is 0.438 e. The van der Waals surface area contributed by atoms with E-state index < -0.39 is 29.2 Å². The van der Waals surface area contributed by atoms with E-state index in [9.17, 15) is 23.2 Å². The molecular weight excluding hydrogens is 436 g/mol. The molecule has 4 N–H and O–H groups in total. The molecule has 9 nitrogen and oxygen atoms in total. The number of anilines is 1. The van der Waals surface area contributed by atoms with Gasteiger partial charge in [-0.1, -0.05) is 12.1 Å². The first-order chi connectivity index (χ1) is 15.8. The first-order valence-electron chi connectivity index (χ1n) is 10.5. The zero-order chi connectivity index (χ0) is 23.5. The molecule has 174 valence electrons. The number of carbonyl (C=O) groups is 2. The minimum atomic E-state index is -1.20. The van der Waals surface area contributed by atoms with Crippen LogP contribution < -0.4 is 27.1 Å². The van der Waals surface area contributed by atoms with Gasteiger partial charge < -0.3 is 25.8 Å². The van der Waals surface area contributed by atoms with Crippen LogP contribution in [0.25, 0.3) is 11.1 Å². The van der Waals surface area contributed by atoms with Crippen molar-refractivity contribution in [3.63, 3.8) is 0 Å². The first kappa shape index (κ1) is 22.3. The van der Waals surface area contributed by atoms with E-state index in [1.165, 1.54) is 0 Å². The molecular formula is C22H23F2N5O4. The maximum atomic E-state index is 13.3. The Morgan fingerprint density at radius 1 is 1.09 bits per heavy atom. The lowest BCUT2D eigenvalue weighted by atomic mass is 9.98. The van der Waals surface area contributed by atoms with Gasteiger partial charge in [-0.05, 0) is 37.0 Å². The minimum absolute atomic E-state index is 0.205. The van der Waals surface area contributed by atoms with E-state index >= 15 is 0 Å². The van der Waals surface area contributed by atoms with Crippen molar-refractivity contribution in [1.29, 1.82) is 0 Å². The molecule has 0 radical (unpaired) electrons. The summed E-state index contributed by atoms with van der Waals surface area (Å²) in [6.07, 6.45) is 1.51. The number of hydrogen-bond donors (Lipinski definition) is 3. The summed E-state index contributed by atoms with van der Waals surface area (Å²) < 4.78 is 33.3. The zero-order valence-electron chi connectivity index (χ0n) is 17.6. The Morgan fingerprint density at radius 2 is 1.79 bits per heavy atom. The lowest BCUT2D eigenvalue weighted by Crippen LogP contribution is -2.47. The van der Waals surface area contributed by atoms with Gasteiger partial charge in [0.15, 0.2) is 17.2 Å². The van der Waals surface area contributed by atoms with Crippen LogP contribution >= 0.6 is 0 Å². The fourth-order valence-corrected chi connectivity index (χ4v) is 3.88. The van der Waals surface area contributed by atoms with Gasteiger partial charge in [-0.25, -0.2) is 13.6 Å². The van der Waals surface area contributed by atoms with Gasteiger partial charge in [-0.2, -0.15) is 4.68 Å². The monoisotopic (exact) mass is 459 g/mol. The van der Waals surface area contributed by atoms with E-state index in [-0.39, 0.29) is 23.7 Å². The van der Waals surface area contributed by atoms with Crippen LogP contribution in [0.4, 0.5) is 14.5 Å². The SMILES string of the molecule is Nc1cc(F)c(F)cc1C(=O)NCC(=O)NCC1CCN(n2c(=O)oc3ccccc32)CC1. The third-order valence-electron chi connectivity index (χ3n) is 5.67. The van der Waals surface area contributed by atoms with E-state index in [0.29, 0.717) is 36.8 Å². The summed E-state index contributed by atoms with van der Waals surface area (Å²) in [4.78, 5) is 36.5. The number of halogens is 2. The number of nitrogens with two attached hydrogens (primary N) is 1. The highest BCUT2D eigenvalue weighted by Gasteiger charge is 2.23. The van der Waals surface area contributed by atoms with Crippen LogP contribution in [-0.4, -0.2) is 42.7 Å². The van der Waals surface area contributed by atoms with E-state index in [4.69, 9.17) is 10.2 Å². The topological polar surface area (TPSA) is 123 Å². The van der Waals surface area contributed by atoms with Crippen molar-refractivity contribution in [2.24, 2.45) is 5.92 Å². The van der Waals surface area contributed by atoms with Crippen LogP contribution in [0, 0.1) is 17.6 Å². The number of rotatable bonds is 6. The molecule has 4 rings (SSSR count). The standard InChI is InChI=1S/C22H23F2N5O4/c23-15-9-14(17(25)10-16(15)24)21(31)27-12-20(30)26-11-13-5-7-28(8-6-13)29-18-3-1-2-4-19(18)33-22(29)32/h1-4,9-10,13H,5-8,11-12,25H2,(H,26,30)(H,27,31). The number of carbonyl (C=O) groups excluding carboxylic acids is 2. The lowest BCUT2D eigenvalue weighted by Gasteiger charge is -2.33. The highest BCUT2D eigenvalue weighted by Crippen LogP contribution is 2.19. The summed E-state index contributed by atoms with van der Waals surface area (Å²) in [5.74, 6) is -3.76. The van der Waals surface area contributed by atoms with E-state index in [1.807, 2.05) is 17.1 Å². The summed E-state index contributed by atoms with van der Waals surface area (Å²) in [6.45, 7) is 1.33. The Labute approximate surface area is 187 Å². The number of amides is 2. The second kappa shape index (κ2) is 9.31.